The molecule has 0 unspecified atom stereocenters. The van der Waals surface area contributed by atoms with Crippen LogP contribution in [0.25, 0.3) is 0 Å². The highest BCUT2D eigenvalue weighted by Crippen LogP contribution is 2.16. The zero-order valence-electron chi connectivity index (χ0n) is 7.49. The van der Waals surface area contributed by atoms with E-state index in [1.165, 1.54) is 0 Å². The second kappa shape index (κ2) is 5.30. The Morgan fingerprint density at radius 2 is 2.42 bits per heavy atom. The van der Waals surface area contributed by atoms with Crippen LogP contribution in [0, 0.1) is 0 Å². The van der Waals surface area contributed by atoms with Gasteiger partial charge in [0.05, 0.1) is 19.3 Å². The van der Waals surface area contributed by atoms with Gasteiger partial charge in [0.2, 0.25) is 0 Å². The molecule has 2 atom stereocenters. The van der Waals surface area contributed by atoms with E-state index in [4.69, 9.17) is 14.2 Å². The van der Waals surface area contributed by atoms with Gasteiger partial charge in [0, 0.05) is 13.5 Å². The van der Waals surface area contributed by atoms with Crippen LogP contribution >= 0.6 is 0 Å². The van der Waals surface area contributed by atoms with E-state index in [9.17, 15) is 0 Å². The predicted molar refractivity (Wildman–Crippen MR) is 45.9 cm³/mol. The van der Waals surface area contributed by atoms with Gasteiger partial charge in [0.15, 0.2) is 6.29 Å². The van der Waals surface area contributed by atoms with Gasteiger partial charge < -0.3 is 14.2 Å². The second-order valence-electron chi connectivity index (χ2n) is 2.82. The van der Waals surface area contributed by atoms with Crippen molar-refractivity contribution < 1.29 is 14.2 Å². The first kappa shape index (κ1) is 9.71. The van der Waals surface area contributed by atoms with Crippen molar-refractivity contribution in [2.45, 2.75) is 25.2 Å². The Balaban J connectivity index is 2.12. The summed E-state index contributed by atoms with van der Waals surface area (Å²) >= 11 is 0. The first-order valence-corrected chi connectivity index (χ1v) is 4.23. The van der Waals surface area contributed by atoms with Gasteiger partial charge in [0.1, 0.15) is 0 Å². The molecule has 3 nitrogen and oxygen atoms in total. The monoisotopic (exact) mass is 172 g/mol. The minimum Gasteiger partial charge on any atom is -0.372 e. The Kier molecular flexibility index (Phi) is 4.29. The Morgan fingerprint density at radius 3 is 2.92 bits per heavy atom. The lowest BCUT2D eigenvalue weighted by Gasteiger charge is -2.27. The first-order chi connectivity index (χ1) is 5.86. The second-order valence-corrected chi connectivity index (χ2v) is 2.82. The summed E-state index contributed by atoms with van der Waals surface area (Å²) in [6, 6.07) is 0. The summed E-state index contributed by atoms with van der Waals surface area (Å²) in [6.07, 6.45) is 3.86. The van der Waals surface area contributed by atoms with Crippen LogP contribution in [0.15, 0.2) is 12.7 Å². The summed E-state index contributed by atoms with van der Waals surface area (Å²) in [7, 11) is 1.66. The van der Waals surface area contributed by atoms with Gasteiger partial charge in [-0.25, -0.2) is 0 Å². The topological polar surface area (TPSA) is 27.7 Å². The number of methoxy groups -OCH3 is 1. The molecule has 1 heterocycles. The van der Waals surface area contributed by atoms with Crippen LogP contribution in [-0.2, 0) is 14.2 Å². The van der Waals surface area contributed by atoms with Gasteiger partial charge in [-0.2, -0.15) is 0 Å². The van der Waals surface area contributed by atoms with E-state index >= 15 is 0 Å². The Bertz CT molecular complexity index is 128. The van der Waals surface area contributed by atoms with Crippen LogP contribution in [0.3, 0.4) is 0 Å². The van der Waals surface area contributed by atoms with Gasteiger partial charge in [-0.05, 0) is 6.42 Å². The van der Waals surface area contributed by atoms with Gasteiger partial charge in [-0.3, -0.25) is 0 Å². The summed E-state index contributed by atoms with van der Waals surface area (Å²) in [5, 5.41) is 0. The molecule has 0 aromatic carbocycles. The molecule has 0 saturated carbocycles. The maximum Gasteiger partial charge on any atom is 0.157 e. The summed E-state index contributed by atoms with van der Waals surface area (Å²) in [6.45, 7) is 4.82. The molecular weight excluding hydrogens is 156 g/mol. The average Bonchev–Trinajstić information content (AvgIpc) is 2.15. The summed E-state index contributed by atoms with van der Waals surface area (Å²) in [4.78, 5) is 0. The van der Waals surface area contributed by atoms with Crippen molar-refractivity contribution in [1.29, 1.82) is 0 Å². The van der Waals surface area contributed by atoms with Gasteiger partial charge in [-0.15, -0.1) is 6.58 Å². The Hall–Kier alpha value is -0.380. The van der Waals surface area contributed by atoms with E-state index in [0.717, 1.165) is 12.8 Å². The zero-order valence-corrected chi connectivity index (χ0v) is 7.49. The fourth-order valence-corrected chi connectivity index (χ4v) is 1.22. The molecular formula is C9H16O3. The molecule has 0 aromatic heterocycles. The first-order valence-electron chi connectivity index (χ1n) is 4.23. The number of ether oxygens (including phenoxy) is 3. The maximum absolute atomic E-state index is 5.43. The van der Waals surface area contributed by atoms with Gasteiger partial charge in [0.25, 0.3) is 0 Å². The molecule has 1 aliphatic rings. The summed E-state index contributed by atoms with van der Waals surface area (Å²) in [5.41, 5.74) is 0. The molecule has 1 fully saturated rings. The molecule has 0 N–H and O–H groups in total. The van der Waals surface area contributed by atoms with Crippen molar-refractivity contribution in [2.24, 2.45) is 0 Å². The van der Waals surface area contributed by atoms with Crippen LogP contribution in [0.4, 0.5) is 0 Å². The standard InChI is InChI=1S/C9H16O3/c1-3-6-11-8-4-5-9(10-2)12-7-8/h3,8-9H,1,4-7H2,2H3/t8-,9+/m1/s1. The van der Waals surface area contributed by atoms with Crippen molar-refractivity contribution in [3.05, 3.63) is 12.7 Å². The van der Waals surface area contributed by atoms with Crippen molar-refractivity contribution in [3.63, 3.8) is 0 Å². The van der Waals surface area contributed by atoms with E-state index in [0.29, 0.717) is 13.2 Å². The van der Waals surface area contributed by atoms with Crippen LogP contribution in [-0.4, -0.2) is 32.7 Å². The van der Waals surface area contributed by atoms with E-state index < -0.39 is 0 Å². The third-order valence-corrected chi connectivity index (χ3v) is 1.91. The van der Waals surface area contributed by atoms with E-state index in [2.05, 4.69) is 6.58 Å². The van der Waals surface area contributed by atoms with Crippen molar-refractivity contribution in [2.75, 3.05) is 20.3 Å². The summed E-state index contributed by atoms with van der Waals surface area (Å²) in [5.74, 6) is 0. The number of rotatable bonds is 4. The van der Waals surface area contributed by atoms with Crippen molar-refractivity contribution >= 4 is 0 Å². The molecule has 1 saturated heterocycles. The highest BCUT2D eigenvalue weighted by molar-refractivity contribution is 4.69. The quantitative estimate of drug-likeness (QED) is 0.599. The highest BCUT2D eigenvalue weighted by atomic mass is 16.7. The van der Waals surface area contributed by atoms with Crippen molar-refractivity contribution in [3.8, 4) is 0 Å². The third-order valence-electron chi connectivity index (χ3n) is 1.91. The fourth-order valence-electron chi connectivity index (χ4n) is 1.22. The molecule has 1 aliphatic heterocycles. The minimum absolute atomic E-state index is 0.0337. The van der Waals surface area contributed by atoms with Crippen LogP contribution in [0.5, 0.6) is 0 Å². The predicted octanol–water partition coefficient (Wildman–Crippen LogP) is 1.34. The SMILES string of the molecule is C=CCO[C@@H]1CC[C@@H](OC)OC1. The molecule has 0 aliphatic carbocycles. The molecule has 0 radical (unpaired) electrons. The molecule has 0 amide bonds. The maximum atomic E-state index is 5.43. The molecule has 3 heteroatoms. The van der Waals surface area contributed by atoms with E-state index in [1.807, 2.05) is 0 Å². The fraction of sp³-hybridized carbons (Fsp3) is 0.778. The Labute approximate surface area is 73.3 Å². The van der Waals surface area contributed by atoms with E-state index in [-0.39, 0.29) is 12.4 Å². The van der Waals surface area contributed by atoms with Crippen LogP contribution in [0.2, 0.25) is 0 Å². The van der Waals surface area contributed by atoms with Gasteiger partial charge in [-0.1, -0.05) is 6.08 Å². The lowest BCUT2D eigenvalue weighted by Crippen LogP contribution is -2.32. The largest absolute Gasteiger partial charge is 0.372 e. The molecule has 70 valence electrons. The molecule has 0 bridgehead atoms. The lowest BCUT2D eigenvalue weighted by atomic mass is 10.1. The summed E-state index contributed by atoms with van der Waals surface area (Å²) < 4.78 is 15.8. The van der Waals surface area contributed by atoms with Crippen molar-refractivity contribution in [1.82, 2.24) is 0 Å². The average molecular weight is 172 g/mol. The van der Waals surface area contributed by atoms with E-state index in [1.54, 1.807) is 13.2 Å². The van der Waals surface area contributed by atoms with Crippen LogP contribution < -0.4 is 0 Å². The molecule has 0 aromatic rings. The lowest BCUT2D eigenvalue weighted by molar-refractivity contribution is -0.180. The number of hydrogen-bond acceptors (Lipinski definition) is 3. The normalized spacial score (nSPS) is 30.1. The van der Waals surface area contributed by atoms with Crippen LogP contribution in [0.1, 0.15) is 12.8 Å². The number of hydrogen-bond donors (Lipinski definition) is 0. The Morgan fingerprint density at radius 1 is 1.58 bits per heavy atom. The minimum atomic E-state index is -0.0337. The molecule has 1 rings (SSSR count). The highest BCUT2D eigenvalue weighted by Gasteiger charge is 2.20. The zero-order chi connectivity index (χ0) is 8.81. The molecule has 12 heavy (non-hydrogen) atoms. The smallest absolute Gasteiger partial charge is 0.157 e. The molecule has 0 spiro atoms. The third kappa shape index (κ3) is 2.93. The van der Waals surface area contributed by atoms with Gasteiger partial charge >= 0.3 is 0 Å².